The van der Waals surface area contributed by atoms with Crippen molar-refractivity contribution in [2.24, 2.45) is 0 Å². The van der Waals surface area contributed by atoms with Crippen LogP contribution in [0.5, 0.6) is 0 Å². The number of aromatic amines is 1. The Hall–Kier alpha value is -5.19. The summed E-state index contributed by atoms with van der Waals surface area (Å²) in [4.78, 5) is 21.1. The number of hydrogen-bond acceptors (Lipinski definition) is 8. The van der Waals surface area contributed by atoms with Crippen molar-refractivity contribution in [3.05, 3.63) is 125 Å². The maximum absolute atomic E-state index is 13.8. The normalized spacial score (nSPS) is 10.7. The summed E-state index contributed by atoms with van der Waals surface area (Å²) in [6.07, 6.45) is 0. The molecule has 4 N–H and O–H groups in total. The highest BCUT2D eigenvalue weighted by Gasteiger charge is 2.10. The maximum atomic E-state index is 13.8. The molecule has 6 rings (SSSR count). The fraction of sp³-hybridized carbons (Fsp3) is 0. The van der Waals surface area contributed by atoms with E-state index < -0.39 is 0 Å². The number of halogens is 2. The third-order valence-corrected chi connectivity index (χ3v) is 6.53. The molecular weight excluding hydrogens is 571 g/mol. The molecule has 0 aliphatic rings. The van der Waals surface area contributed by atoms with Crippen LogP contribution < -0.4 is 16.0 Å². The lowest BCUT2D eigenvalue weighted by Gasteiger charge is -2.12. The molecule has 6 aromatic rings. The van der Waals surface area contributed by atoms with Crippen molar-refractivity contribution < 1.29 is 4.39 Å². The van der Waals surface area contributed by atoms with Crippen LogP contribution in [-0.4, -0.2) is 24.9 Å². The number of nitrogens with zero attached hydrogens (tertiary/aromatic N) is 4. The Labute approximate surface area is 250 Å². The quantitative estimate of drug-likeness (QED) is 0.130. The minimum Gasteiger partial charge on any atom is -0.330 e. The Morgan fingerprint density at radius 3 is 1.81 bits per heavy atom. The van der Waals surface area contributed by atoms with Crippen LogP contribution in [0.15, 0.2) is 109 Å². The summed E-state index contributed by atoms with van der Waals surface area (Å²) < 4.78 is 14.1. The summed E-state index contributed by atoms with van der Waals surface area (Å²) in [6, 6.07) is 32.7. The fourth-order valence-corrected chi connectivity index (χ4v) is 4.47. The number of benzene rings is 4. The molecule has 0 saturated carbocycles. The van der Waals surface area contributed by atoms with Crippen molar-refractivity contribution in [1.82, 2.24) is 24.9 Å². The highest BCUT2D eigenvalue weighted by Crippen LogP contribution is 2.27. The van der Waals surface area contributed by atoms with Gasteiger partial charge in [-0.05, 0) is 78.4 Å². The Morgan fingerprint density at radius 1 is 0.595 bits per heavy atom. The summed E-state index contributed by atoms with van der Waals surface area (Å²) in [5.74, 6) is 0.474. The number of hydrogen-bond donors (Lipinski definition) is 4. The van der Waals surface area contributed by atoms with Gasteiger partial charge in [-0.2, -0.15) is 15.0 Å². The first-order valence-electron chi connectivity index (χ1n) is 12.8. The summed E-state index contributed by atoms with van der Waals surface area (Å²) in [5.41, 5.74) is 5.45. The molecule has 11 heteroatoms. The first kappa shape index (κ1) is 27.0. The molecular formula is C31H22ClFN8S. The molecule has 0 atom stereocenters. The van der Waals surface area contributed by atoms with Crippen molar-refractivity contribution in [1.29, 1.82) is 0 Å². The van der Waals surface area contributed by atoms with Crippen LogP contribution in [-0.2, 0) is 0 Å². The van der Waals surface area contributed by atoms with Crippen molar-refractivity contribution in [2.45, 2.75) is 0 Å². The standard InChI is InChI=1S/C31H22ClFN8S/c32-21-13-9-19(10-14-21)26-18-27(38-31(42)37-26)20-11-15-24(16-12-20)35-29-39-28(34-23-6-2-1-3-7-23)40-30(41-29)36-25-8-4-5-22(33)17-25/h1-18H,(H,37,38,42)(H3,34,35,36,39,40,41). The van der Waals surface area contributed by atoms with E-state index in [1.54, 1.807) is 12.1 Å². The Kier molecular flexibility index (Phi) is 7.80. The molecule has 0 spiro atoms. The smallest absolute Gasteiger partial charge is 0.233 e. The average molecular weight is 593 g/mol. The molecule has 2 heterocycles. The Balaban J connectivity index is 1.26. The predicted molar refractivity (Wildman–Crippen MR) is 168 cm³/mol. The molecule has 4 aromatic carbocycles. The second-order valence-corrected chi connectivity index (χ2v) is 9.95. The topological polar surface area (TPSA) is 103 Å². The lowest BCUT2D eigenvalue weighted by Crippen LogP contribution is -2.07. The molecule has 8 nitrogen and oxygen atoms in total. The maximum Gasteiger partial charge on any atom is 0.233 e. The average Bonchev–Trinajstić information content (AvgIpc) is 2.98. The Bertz CT molecular complexity index is 1900. The van der Waals surface area contributed by atoms with Gasteiger partial charge < -0.3 is 20.9 Å². The predicted octanol–water partition coefficient (Wildman–Crippen LogP) is 8.68. The van der Waals surface area contributed by atoms with Crippen LogP contribution in [0.4, 0.5) is 39.3 Å². The van der Waals surface area contributed by atoms with Gasteiger partial charge in [0.1, 0.15) is 5.82 Å². The number of anilines is 6. The van der Waals surface area contributed by atoms with E-state index in [9.17, 15) is 4.39 Å². The van der Waals surface area contributed by atoms with Gasteiger partial charge in [0, 0.05) is 33.3 Å². The first-order valence-corrected chi connectivity index (χ1v) is 13.6. The van der Waals surface area contributed by atoms with Crippen LogP contribution in [0, 0.1) is 10.6 Å². The molecule has 0 aliphatic heterocycles. The SMILES string of the molecule is Fc1cccc(Nc2nc(Nc3ccccc3)nc(Nc3ccc(-c4cc(-c5ccc(Cl)cc5)[nH]c(=S)n4)cc3)n2)c1. The van der Waals surface area contributed by atoms with E-state index in [1.807, 2.05) is 84.9 Å². The molecule has 0 unspecified atom stereocenters. The van der Waals surface area contributed by atoms with Gasteiger partial charge >= 0.3 is 0 Å². The van der Waals surface area contributed by atoms with Gasteiger partial charge in [-0.1, -0.05) is 60.1 Å². The number of rotatable bonds is 8. The monoisotopic (exact) mass is 592 g/mol. The third-order valence-electron chi connectivity index (χ3n) is 6.08. The van der Waals surface area contributed by atoms with Gasteiger partial charge in [0.05, 0.1) is 5.69 Å². The number of para-hydroxylation sites is 1. The second kappa shape index (κ2) is 12.1. The van der Waals surface area contributed by atoms with Gasteiger partial charge in [0.25, 0.3) is 0 Å². The van der Waals surface area contributed by atoms with Crippen molar-refractivity contribution >= 4 is 58.7 Å². The first-order chi connectivity index (χ1) is 20.5. The van der Waals surface area contributed by atoms with E-state index in [0.29, 0.717) is 27.4 Å². The van der Waals surface area contributed by atoms with E-state index in [-0.39, 0.29) is 11.8 Å². The van der Waals surface area contributed by atoms with E-state index in [0.717, 1.165) is 33.9 Å². The minimum absolute atomic E-state index is 0.241. The van der Waals surface area contributed by atoms with Crippen molar-refractivity contribution in [3.8, 4) is 22.5 Å². The molecule has 0 amide bonds. The fourth-order valence-electron chi connectivity index (χ4n) is 4.13. The van der Waals surface area contributed by atoms with Crippen LogP contribution in [0.1, 0.15) is 0 Å². The van der Waals surface area contributed by atoms with Gasteiger partial charge in [0.15, 0.2) is 4.77 Å². The van der Waals surface area contributed by atoms with Crippen LogP contribution in [0.25, 0.3) is 22.5 Å². The van der Waals surface area contributed by atoms with Gasteiger partial charge in [-0.15, -0.1) is 0 Å². The molecule has 206 valence electrons. The van der Waals surface area contributed by atoms with E-state index >= 15 is 0 Å². The van der Waals surface area contributed by atoms with Gasteiger partial charge in [-0.3, -0.25) is 0 Å². The number of nitrogens with one attached hydrogen (secondary N) is 4. The summed E-state index contributed by atoms with van der Waals surface area (Å²) in [7, 11) is 0. The van der Waals surface area contributed by atoms with Crippen molar-refractivity contribution in [2.75, 3.05) is 16.0 Å². The molecule has 0 fully saturated rings. The molecule has 0 radical (unpaired) electrons. The van der Waals surface area contributed by atoms with Crippen LogP contribution in [0.2, 0.25) is 5.02 Å². The largest absolute Gasteiger partial charge is 0.330 e. The highest BCUT2D eigenvalue weighted by atomic mass is 35.5. The molecule has 0 aliphatic carbocycles. The molecule has 0 bridgehead atoms. The van der Waals surface area contributed by atoms with E-state index in [2.05, 4.69) is 40.9 Å². The summed E-state index contributed by atoms with van der Waals surface area (Å²) >= 11 is 11.4. The number of H-pyrrole nitrogens is 1. The third kappa shape index (κ3) is 6.74. The lowest BCUT2D eigenvalue weighted by molar-refractivity contribution is 0.628. The van der Waals surface area contributed by atoms with Gasteiger partial charge in [-0.25, -0.2) is 9.37 Å². The lowest BCUT2D eigenvalue weighted by atomic mass is 10.1. The van der Waals surface area contributed by atoms with Crippen molar-refractivity contribution in [3.63, 3.8) is 0 Å². The highest BCUT2D eigenvalue weighted by molar-refractivity contribution is 7.71. The molecule has 42 heavy (non-hydrogen) atoms. The minimum atomic E-state index is -0.371. The van der Waals surface area contributed by atoms with E-state index in [4.69, 9.17) is 23.8 Å². The molecule has 0 saturated heterocycles. The molecule has 2 aromatic heterocycles. The van der Waals surface area contributed by atoms with Crippen LogP contribution >= 0.6 is 23.8 Å². The van der Waals surface area contributed by atoms with E-state index in [1.165, 1.54) is 12.1 Å². The second-order valence-electron chi connectivity index (χ2n) is 9.13. The van der Waals surface area contributed by atoms with Gasteiger partial charge in [0.2, 0.25) is 17.8 Å². The zero-order valence-corrected chi connectivity index (χ0v) is 23.4. The summed E-state index contributed by atoms with van der Waals surface area (Å²) in [5, 5.41) is 10.1. The van der Waals surface area contributed by atoms with Crippen LogP contribution in [0.3, 0.4) is 0 Å². The zero-order valence-electron chi connectivity index (χ0n) is 21.8. The Morgan fingerprint density at radius 2 is 1.17 bits per heavy atom. The zero-order chi connectivity index (χ0) is 28.9. The number of aromatic nitrogens is 5. The summed E-state index contributed by atoms with van der Waals surface area (Å²) in [6.45, 7) is 0.